The monoisotopic (exact) mass is 349 g/mol. The van der Waals surface area contributed by atoms with Gasteiger partial charge in [-0.15, -0.1) is 0 Å². The summed E-state index contributed by atoms with van der Waals surface area (Å²) in [7, 11) is 1.64. The van der Waals surface area contributed by atoms with Crippen molar-refractivity contribution in [3.8, 4) is 17.1 Å². The van der Waals surface area contributed by atoms with Crippen LogP contribution >= 0.6 is 0 Å². The minimum atomic E-state index is -0.00448. The number of hydrogen-bond donors (Lipinski definition) is 1. The van der Waals surface area contributed by atoms with Crippen LogP contribution in [0.15, 0.2) is 71.1 Å². The van der Waals surface area contributed by atoms with Gasteiger partial charge in [0.05, 0.1) is 13.2 Å². The Hall–Kier alpha value is -3.01. The van der Waals surface area contributed by atoms with E-state index in [0.29, 0.717) is 12.8 Å². The first kappa shape index (κ1) is 17.8. The Labute approximate surface area is 153 Å². The third-order valence-corrected chi connectivity index (χ3v) is 4.31. The molecule has 0 saturated heterocycles. The zero-order valence-electron chi connectivity index (χ0n) is 15.1. The minimum absolute atomic E-state index is 0.00448. The summed E-state index contributed by atoms with van der Waals surface area (Å²) in [6.45, 7) is 1.99. The molecular weight excluding hydrogens is 326 g/mol. The van der Waals surface area contributed by atoms with E-state index in [0.717, 1.165) is 28.4 Å². The van der Waals surface area contributed by atoms with Crippen LogP contribution in [0, 0.1) is 0 Å². The molecule has 0 aliphatic heterocycles. The van der Waals surface area contributed by atoms with Crippen molar-refractivity contribution >= 4 is 5.91 Å². The van der Waals surface area contributed by atoms with Gasteiger partial charge < -0.3 is 14.5 Å². The topological polar surface area (TPSA) is 51.5 Å². The molecule has 0 radical (unpaired) electrons. The van der Waals surface area contributed by atoms with E-state index in [1.807, 2.05) is 73.7 Å². The lowest BCUT2D eigenvalue weighted by Gasteiger charge is -2.13. The quantitative estimate of drug-likeness (QED) is 0.669. The van der Waals surface area contributed by atoms with E-state index in [1.54, 1.807) is 7.11 Å². The molecule has 0 aliphatic rings. The maximum absolute atomic E-state index is 12.2. The van der Waals surface area contributed by atoms with Crippen molar-refractivity contribution in [1.82, 2.24) is 5.32 Å². The predicted molar refractivity (Wildman–Crippen MR) is 102 cm³/mol. The van der Waals surface area contributed by atoms with Crippen LogP contribution < -0.4 is 10.1 Å². The molecule has 26 heavy (non-hydrogen) atoms. The molecule has 134 valence electrons. The fourth-order valence-electron chi connectivity index (χ4n) is 2.80. The van der Waals surface area contributed by atoms with Crippen LogP contribution in [0.2, 0.25) is 0 Å². The maximum Gasteiger partial charge on any atom is 0.220 e. The van der Waals surface area contributed by atoms with Crippen LogP contribution in [0.25, 0.3) is 11.3 Å². The van der Waals surface area contributed by atoms with Crippen LogP contribution in [-0.2, 0) is 11.2 Å². The largest absolute Gasteiger partial charge is 0.497 e. The number of carbonyl (C=O) groups excluding carboxylic acids is 1. The molecular formula is C22H23NO3. The van der Waals surface area contributed by atoms with E-state index in [2.05, 4.69) is 5.32 Å². The first-order valence-electron chi connectivity index (χ1n) is 8.73. The number of amides is 1. The molecule has 1 aromatic heterocycles. The van der Waals surface area contributed by atoms with Gasteiger partial charge >= 0.3 is 0 Å². The number of carbonyl (C=O) groups is 1. The number of furan rings is 1. The molecule has 0 saturated carbocycles. The van der Waals surface area contributed by atoms with E-state index < -0.39 is 0 Å². The molecule has 2 aromatic carbocycles. The van der Waals surface area contributed by atoms with Crippen LogP contribution in [0.4, 0.5) is 0 Å². The van der Waals surface area contributed by atoms with E-state index >= 15 is 0 Å². The normalized spacial score (nSPS) is 11.8. The highest BCUT2D eigenvalue weighted by molar-refractivity contribution is 5.76. The maximum atomic E-state index is 12.2. The number of aryl methyl sites for hydroxylation is 1. The summed E-state index contributed by atoms with van der Waals surface area (Å²) in [4.78, 5) is 12.2. The average Bonchev–Trinajstić information content (AvgIpc) is 3.16. The molecule has 3 aromatic rings. The van der Waals surface area contributed by atoms with Crippen molar-refractivity contribution in [3.63, 3.8) is 0 Å². The zero-order valence-corrected chi connectivity index (χ0v) is 15.1. The van der Waals surface area contributed by atoms with E-state index in [1.165, 1.54) is 0 Å². The summed E-state index contributed by atoms with van der Waals surface area (Å²) in [6.07, 6.45) is 0.968. The second-order valence-electron chi connectivity index (χ2n) is 6.19. The van der Waals surface area contributed by atoms with Crippen LogP contribution in [-0.4, -0.2) is 13.0 Å². The molecule has 4 heteroatoms. The third-order valence-electron chi connectivity index (χ3n) is 4.31. The Balaban J connectivity index is 1.53. The molecule has 1 N–H and O–H groups in total. The Kier molecular flexibility index (Phi) is 5.74. The molecule has 1 amide bonds. The number of benzene rings is 2. The summed E-state index contributed by atoms with van der Waals surface area (Å²) >= 11 is 0. The molecule has 1 heterocycles. The van der Waals surface area contributed by atoms with E-state index in [-0.39, 0.29) is 11.9 Å². The van der Waals surface area contributed by atoms with Gasteiger partial charge in [0.15, 0.2) is 0 Å². The molecule has 0 fully saturated rings. The van der Waals surface area contributed by atoms with Gasteiger partial charge in [-0.3, -0.25) is 4.79 Å². The Morgan fingerprint density at radius 2 is 1.77 bits per heavy atom. The van der Waals surface area contributed by atoms with Gasteiger partial charge in [0.1, 0.15) is 17.3 Å². The van der Waals surface area contributed by atoms with Gasteiger partial charge in [-0.05, 0) is 48.9 Å². The summed E-state index contributed by atoms with van der Waals surface area (Å²) in [5.74, 6) is 2.42. The van der Waals surface area contributed by atoms with Crippen LogP contribution in [0.5, 0.6) is 5.75 Å². The lowest BCUT2D eigenvalue weighted by atomic mass is 10.1. The second-order valence-corrected chi connectivity index (χ2v) is 6.19. The van der Waals surface area contributed by atoms with Gasteiger partial charge in [0.2, 0.25) is 5.91 Å². The Morgan fingerprint density at radius 1 is 1.04 bits per heavy atom. The molecule has 0 aliphatic carbocycles. The van der Waals surface area contributed by atoms with Gasteiger partial charge in [0.25, 0.3) is 0 Å². The average molecular weight is 349 g/mol. The Bertz CT molecular complexity index is 837. The molecule has 1 unspecified atom stereocenters. The van der Waals surface area contributed by atoms with Crippen molar-refractivity contribution in [1.29, 1.82) is 0 Å². The van der Waals surface area contributed by atoms with Gasteiger partial charge in [-0.1, -0.05) is 30.3 Å². The molecule has 1 atom stereocenters. The highest BCUT2D eigenvalue weighted by Crippen LogP contribution is 2.25. The van der Waals surface area contributed by atoms with Crippen molar-refractivity contribution in [2.45, 2.75) is 25.8 Å². The zero-order chi connectivity index (χ0) is 18.4. The van der Waals surface area contributed by atoms with Crippen molar-refractivity contribution in [3.05, 3.63) is 78.1 Å². The van der Waals surface area contributed by atoms with Crippen molar-refractivity contribution in [2.75, 3.05) is 7.11 Å². The second kappa shape index (κ2) is 8.39. The lowest BCUT2D eigenvalue weighted by Crippen LogP contribution is -2.26. The number of hydrogen-bond acceptors (Lipinski definition) is 3. The summed E-state index contributed by atoms with van der Waals surface area (Å²) < 4.78 is 11.0. The standard InChI is InChI=1S/C22H23NO3/c1-16(17-6-4-3-5-7-17)23-22(24)15-13-20-12-14-21(26-20)18-8-10-19(25-2)11-9-18/h3-12,14,16H,13,15H2,1-2H3,(H,23,24). The van der Waals surface area contributed by atoms with Crippen molar-refractivity contribution < 1.29 is 13.9 Å². The predicted octanol–water partition coefficient (Wildman–Crippen LogP) is 4.77. The highest BCUT2D eigenvalue weighted by atomic mass is 16.5. The van der Waals surface area contributed by atoms with Crippen LogP contribution in [0.1, 0.15) is 30.7 Å². The van der Waals surface area contributed by atoms with E-state index in [9.17, 15) is 4.79 Å². The summed E-state index contributed by atoms with van der Waals surface area (Å²) in [5.41, 5.74) is 2.08. The minimum Gasteiger partial charge on any atom is -0.497 e. The fourth-order valence-corrected chi connectivity index (χ4v) is 2.80. The van der Waals surface area contributed by atoms with E-state index in [4.69, 9.17) is 9.15 Å². The lowest BCUT2D eigenvalue weighted by molar-refractivity contribution is -0.121. The number of methoxy groups -OCH3 is 1. The first-order valence-corrected chi connectivity index (χ1v) is 8.73. The number of nitrogens with one attached hydrogen (secondary N) is 1. The molecule has 3 rings (SSSR count). The Morgan fingerprint density at radius 3 is 2.46 bits per heavy atom. The van der Waals surface area contributed by atoms with Crippen LogP contribution in [0.3, 0.4) is 0 Å². The molecule has 4 nitrogen and oxygen atoms in total. The SMILES string of the molecule is COc1ccc(-c2ccc(CCC(=O)NC(C)c3ccccc3)o2)cc1. The number of ether oxygens (including phenoxy) is 1. The summed E-state index contributed by atoms with van der Waals surface area (Å²) in [5, 5.41) is 3.02. The number of rotatable bonds is 7. The first-order chi connectivity index (χ1) is 12.7. The fraction of sp³-hybridized carbons (Fsp3) is 0.227. The molecule has 0 spiro atoms. The third kappa shape index (κ3) is 4.54. The van der Waals surface area contributed by atoms with Gasteiger partial charge in [-0.2, -0.15) is 0 Å². The van der Waals surface area contributed by atoms with Gasteiger partial charge in [0, 0.05) is 18.4 Å². The van der Waals surface area contributed by atoms with Crippen molar-refractivity contribution in [2.24, 2.45) is 0 Å². The highest BCUT2D eigenvalue weighted by Gasteiger charge is 2.11. The smallest absolute Gasteiger partial charge is 0.220 e. The molecule has 0 bridgehead atoms. The summed E-state index contributed by atoms with van der Waals surface area (Å²) in [6, 6.07) is 21.5. The van der Waals surface area contributed by atoms with Gasteiger partial charge in [-0.25, -0.2) is 0 Å².